The first-order valence-corrected chi connectivity index (χ1v) is 6.77. The number of amides is 1. The molecule has 108 valence electrons. The first-order chi connectivity index (χ1) is 10.1. The minimum absolute atomic E-state index is 0.124. The number of nitrogen functional groups attached to an aromatic ring is 1. The molecule has 3 aromatic rings. The molecule has 2 aromatic heterocycles. The van der Waals surface area contributed by atoms with Crippen LogP contribution in [0.5, 0.6) is 0 Å². The number of hydrogen-bond donors (Lipinski definition) is 3. The molecule has 0 aliphatic heterocycles. The SMILES string of the molecule is Cn1ccc(CCNC(=O)c2cc3cc(N)ccc3[nH]2)n1. The van der Waals surface area contributed by atoms with Gasteiger partial charge < -0.3 is 16.0 Å². The van der Waals surface area contributed by atoms with Crippen molar-refractivity contribution in [3.05, 3.63) is 47.9 Å². The van der Waals surface area contributed by atoms with Crippen molar-refractivity contribution >= 4 is 22.5 Å². The van der Waals surface area contributed by atoms with Crippen LogP contribution in [0, 0.1) is 0 Å². The number of nitrogens with one attached hydrogen (secondary N) is 2. The lowest BCUT2D eigenvalue weighted by Crippen LogP contribution is -2.26. The fraction of sp³-hybridized carbons (Fsp3) is 0.200. The molecule has 21 heavy (non-hydrogen) atoms. The number of fused-ring (bicyclic) bond motifs is 1. The average molecular weight is 283 g/mol. The smallest absolute Gasteiger partial charge is 0.267 e. The highest BCUT2D eigenvalue weighted by Crippen LogP contribution is 2.18. The Bertz CT molecular complexity index is 786. The number of aromatic nitrogens is 3. The normalized spacial score (nSPS) is 10.9. The zero-order valence-corrected chi connectivity index (χ0v) is 11.8. The molecular weight excluding hydrogens is 266 g/mol. The van der Waals surface area contributed by atoms with E-state index in [-0.39, 0.29) is 5.91 Å². The highest BCUT2D eigenvalue weighted by Gasteiger charge is 2.09. The Balaban J connectivity index is 1.63. The predicted octanol–water partition coefficient (Wildman–Crippen LogP) is 1.46. The van der Waals surface area contributed by atoms with Crippen molar-refractivity contribution in [1.29, 1.82) is 0 Å². The standard InChI is InChI=1S/C15H17N5O/c1-20-7-5-12(19-20)4-6-17-15(21)14-9-10-8-11(16)2-3-13(10)18-14/h2-3,5,7-9,18H,4,6,16H2,1H3,(H,17,21). The van der Waals surface area contributed by atoms with Gasteiger partial charge in [0.2, 0.25) is 0 Å². The number of aryl methyl sites for hydroxylation is 1. The van der Waals surface area contributed by atoms with Crippen molar-refractivity contribution < 1.29 is 4.79 Å². The number of H-pyrrole nitrogens is 1. The third-order valence-corrected chi connectivity index (χ3v) is 3.32. The van der Waals surface area contributed by atoms with Crippen molar-refractivity contribution in [2.24, 2.45) is 7.05 Å². The molecule has 0 spiro atoms. The number of anilines is 1. The summed E-state index contributed by atoms with van der Waals surface area (Å²) in [4.78, 5) is 15.2. The van der Waals surface area contributed by atoms with E-state index in [0.29, 0.717) is 24.3 Å². The van der Waals surface area contributed by atoms with Crippen molar-refractivity contribution in [2.75, 3.05) is 12.3 Å². The molecule has 6 heteroatoms. The second kappa shape index (κ2) is 5.32. The molecule has 0 radical (unpaired) electrons. The Hall–Kier alpha value is -2.76. The van der Waals surface area contributed by atoms with Crippen LogP contribution >= 0.6 is 0 Å². The van der Waals surface area contributed by atoms with Gasteiger partial charge in [-0.25, -0.2) is 0 Å². The van der Waals surface area contributed by atoms with Gasteiger partial charge in [0.25, 0.3) is 5.91 Å². The summed E-state index contributed by atoms with van der Waals surface area (Å²) >= 11 is 0. The molecule has 1 aromatic carbocycles. The monoisotopic (exact) mass is 283 g/mol. The average Bonchev–Trinajstić information content (AvgIpc) is 3.04. The van der Waals surface area contributed by atoms with Gasteiger partial charge in [0.05, 0.1) is 5.69 Å². The molecular formula is C15H17N5O. The van der Waals surface area contributed by atoms with Crippen LogP contribution in [0.25, 0.3) is 10.9 Å². The van der Waals surface area contributed by atoms with E-state index in [1.54, 1.807) is 4.68 Å². The van der Waals surface area contributed by atoms with Gasteiger partial charge in [-0.2, -0.15) is 5.10 Å². The van der Waals surface area contributed by atoms with Crippen molar-refractivity contribution in [3.63, 3.8) is 0 Å². The van der Waals surface area contributed by atoms with Crippen LogP contribution in [0.15, 0.2) is 36.5 Å². The molecule has 0 fully saturated rings. The van der Waals surface area contributed by atoms with Crippen molar-refractivity contribution in [1.82, 2.24) is 20.1 Å². The molecule has 0 saturated heterocycles. The number of hydrogen-bond acceptors (Lipinski definition) is 3. The van der Waals surface area contributed by atoms with E-state index in [9.17, 15) is 4.79 Å². The van der Waals surface area contributed by atoms with Gasteiger partial charge in [0.15, 0.2) is 0 Å². The molecule has 4 N–H and O–H groups in total. The molecule has 1 amide bonds. The van der Waals surface area contributed by atoms with Crippen LogP contribution in [-0.2, 0) is 13.5 Å². The van der Waals surface area contributed by atoms with Crippen LogP contribution in [0.4, 0.5) is 5.69 Å². The summed E-state index contributed by atoms with van der Waals surface area (Å²) < 4.78 is 1.75. The number of rotatable bonds is 4. The minimum atomic E-state index is -0.124. The number of aromatic amines is 1. The first-order valence-electron chi connectivity index (χ1n) is 6.77. The summed E-state index contributed by atoms with van der Waals surface area (Å²) in [5.74, 6) is -0.124. The summed E-state index contributed by atoms with van der Waals surface area (Å²) in [5, 5.41) is 8.09. The van der Waals surface area contributed by atoms with Gasteiger partial charge in [0.1, 0.15) is 5.69 Å². The van der Waals surface area contributed by atoms with Gasteiger partial charge in [-0.3, -0.25) is 9.48 Å². The number of nitrogens with zero attached hydrogens (tertiary/aromatic N) is 2. The highest BCUT2D eigenvalue weighted by atomic mass is 16.1. The topological polar surface area (TPSA) is 88.7 Å². The fourth-order valence-corrected chi connectivity index (χ4v) is 2.27. The molecule has 0 bridgehead atoms. The third kappa shape index (κ3) is 2.89. The van der Waals surface area contributed by atoms with E-state index < -0.39 is 0 Å². The number of carbonyl (C=O) groups excluding carboxylic acids is 1. The van der Waals surface area contributed by atoms with Gasteiger partial charge in [-0.05, 0) is 30.3 Å². The molecule has 0 aliphatic carbocycles. The van der Waals surface area contributed by atoms with Gasteiger partial charge in [-0.15, -0.1) is 0 Å². The quantitative estimate of drug-likeness (QED) is 0.633. The van der Waals surface area contributed by atoms with E-state index in [4.69, 9.17) is 5.73 Å². The van der Waals surface area contributed by atoms with E-state index in [0.717, 1.165) is 16.6 Å². The summed E-state index contributed by atoms with van der Waals surface area (Å²) in [6.07, 6.45) is 2.60. The summed E-state index contributed by atoms with van der Waals surface area (Å²) in [5.41, 5.74) is 8.82. The summed E-state index contributed by atoms with van der Waals surface area (Å²) in [6, 6.07) is 9.27. The maximum atomic E-state index is 12.1. The molecule has 0 aliphatic rings. The minimum Gasteiger partial charge on any atom is -0.399 e. The fourth-order valence-electron chi connectivity index (χ4n) is 2.27. The summed E-state index contributed by atoms with van der Waals surface area (Å²) in [7, 11) is 1.87. The van der Waals surface area contributed by atoms with Gasteiger partial charge in [0, 0.05) is 42.8 Å². The zero-order chi connectivity index (χ0) is 14.8. The lowest BCUT2D eigenvalue weighted by molar-refractivity contribution is 0.0950. The summed E-state index contributed by atoms with van der Waals surface area (Å²) in [6.45, 7) is 0.549. The third-order valence-electron chi connectivity index (χ3n) is 3.32. The lowest BCUT2D eigenvalue weighted by Gasteiger charge is -2.01. The van der Waals surface area contributed by atoms with Crippen molar-refractivity contribution in [3.8, 4) is 0 Å². The van der Waals surface area contributed by atoms with E-state index in [2.05, 4.69) is 15.4 Å². The maximum absolute atomic E-state index is 12.1. The lowest BCUT2D eigenvalue weighted by atomic mass is 10.2. The molecule has 6 nitrogen and oxygen atoms in total. The Morgan fingerprint density at radius 2 is 2.24 bits per heavy atom. The van der Waals surface area contributed by atoms with E-state index >= 15 is 0 Å². The first kappa shape index (κ1) is 13.2. The largest absolute Gasteiger partial charge is 0.399 e. The van der Waals surface area contributed by atoms with Crippen LogP contribution < -0.4 is 11.1 Å². The molecule has 0 saturated carbocycles. The second-order valence-electron chi connectivity index (χ2n) is 5.02. The number of benzene rings is 1. The molecule has 0 unspecified atom stereocenters. The van der Waals surface area contributed by atoms with Crippen LogP contribution in [0.1, 0.15) is 16.2 Å². The molecule has 3 rings (SSSR count). The number of carbonyl (C=O) groups is 1. The van der Waals surface area contributed by atoms with E-state index in [1.807, 2.05) is 43.6 Å². The zero-order valence-electron chi connectivity index (χ0n) is 11.8. The predicted molar refractivity (Wildman–Crippen MR) is 82.0 cm³/mol. The molecule has 0 atom stereocenters. The van der Waals surface area contributed by atoms with Crippen molar-refractivity contribution in [2.45, 2.75) is 6.42 Å². The number of nitrogens with two attached hydrogens (primary N) is 1. The Labute approximate surface area is 121 Å². The van der Waals surface area contributed by atoms with Gasteiger partial charge >= 0.3 is 0 Å². The van der Waals surface area contributed by atoms with Gasteiger partial charge in [-0.1, -0.05) is 0 Å². The van der Waals surface area contributed by atoms with Crippen LogP contribution in [-0.4, -0.2) is 27.2 Å². The Morgan fingerprint density at radius 3 is 3.00 bits per heavy atom. The highest BCUT2D eigenvalue weighted by molar-refractivity contribution is 5.98. The van der Waals surface area contributed by atoms with Crippen LogP contribution in [0.3, 0.4) is 0 Å². The second-order valence-corrected chi connectivity index (χ2v) is 5.02. The maximum Gasteiger partial charge on any atom is 0.267 e. The Kier molecular flexibility index (Phi) is 3.35. The Morgan fingerprint density at radius 1 is 1.38 bits per heavy atom. The molecule has 2 heterocycles. The van der Waals surface area contributed by atoms with E-state index in [1.165, 1.54) is 0 Å². The van der Waals surface area contributed by atoms with Crippen LogP contribution in [0.2, 0.25) is 0 Å².